The average Bonchev–Trinajstić information content (AvgIpc) is 2.88. The number of carbonyl (C=O) groups excluding carboxylic acids is 2. The Hall–Kier alpha value is -0.940. The number of likely N-dealkylation sites (tertiary alicyclic amines) is 1. The van der Waals surface area contributed by atoms with Gasteiger partial charge in [0.05, 0.1) is 22.2 Å². The third kappa shape index (κ3) is 1.95. The molecule has 5 heteroatoms. The standard InChI is InChI=1S/C13H12BrNO2S/c14-11-6-5-8(18-11)7-15-12(16)9-3-1-2-4-10(9)13(15)17/h1-2,5-6,9-10H,3-4,7H2/t9-,10+. The van der Waals surface area contributed by atoms with Crippen LogP contribution in [0.1, 0.15) is 17.7 Å². The Kier molecular flexibility index (Phi) is 3.11. The first kappa shape index (κ1) is 12.1. The topological polar surface area (TPSA) is 37.4 Å². The molecule has 2 amide bonds. The van der Waals surface area contributed by atoms with Crippen molar-refractivity contribution in [3.63, 3.8) is 0 Å². The number of hydrogen-bond acceptors (Lipinski definition) is 3. The molecule has 1 aliphatic heterocycles. The minimum atomic E-state index is -0.120. The predicted molar refractivity (Wildman–Crippen MR) is 72.9 cm³/mol. The van der Waals surface area contributed by atoms with E-state index in [9.17, 15) is 9.59 Å². The van der Waals surface area contributed by atoms with Crippen LogP contribution in [0.4, 0.5) is 0 Å². The number of amides is 2. The number of hydrogen-bond donors (Lipinski definition) is 0. The SMILES string of the molecule is O=C1[C@H]2CC=CC[C@H]2C(=O)N1Cc1ccc(Br)s1. The fourth-order valence-electron chi connectivity index (χ4n) is 2.62. The quantitative estimate of drug-likeness (QED) is 0.619. The second-order valence-electron chi connectivity index (χ2n) is 4.62. The highest BCUT2D eigenvalue weighted by atomic mass is 79.9. The molecule has 1 aliphatic carbocycles. The molecule has 0 aromatic carbocycles. The van der Waals surface area contributed by atoms with Gasteiger partial charge in [0.15, 0.2) is 0 Å². The van der Waals surface area contributed by atoms with E-state index in [0.29, 0.717) is 19.4 Å². The van der Waals surface area contributed by atoms with Crippen molar-refractivity contribution in [3.05, 3.63) is 32.9 Å². The van der Waals surface area contributed by atoms with E-state index in [0.717, 1.165) is 8.66 Å². The van der Waals surface area contributed by atoms with Gasteiger partial charge in [-0.05, 0) is 40.9 Å². The molecule has 0 saturated carbocycles. The van der Waals surface area contributed by atoms with Crippen LogP contribution in [0.15, 0.2) is 28.1 Å². The average molecular weight is 326 g/mol. The third-order valence-electron chi connectivity index (χ3n) is 3.54. The first-order valence-electron chi connectivity index (χ1n) is 5.91. The molecule has 2 heterocycles. The lowest BCUT2D eigenvalue weighted by Crippen LogP contribution is -2.30. The van der Waals surface area contributed by atoms with Crippen LogP contribution in [0, 0.1) is 11.8 Å². The lowest BCUT2D eigenvalue weighted by atomic mass is 9.85. The van der Waals surface area contributed by atoms with Gasteiger partial charge in [0.2, 0.25) is 11.8 Å². The minimum Gasteiger partial charge on any atom is -0.277 e. The van der Waals surface area contributed by atoms with Crippen LogP contribution in [0.2, 0.25) is 0 Å². The molecule has 0 spiro atoms. The monoisotopic (exact) mass is 325 g/mol. The smallest absolute Gasteiger partial charge is 0.233 e. The molecule has 1 aromatic heterocycles. The van der Waals surface area contributed by atoms with Gasteiger partial charge < -0.3 is 0 Å². The Labute approximate surface area is 118 Å². The number of allylic oxidation sites excluding steroid dienone is 2. The molecular weight excluding hydrogens is 314 g/mol. The molecule has 0 bridgehead atoms. The van der Waals surface area contributed by atoms with E-state index in [4.69, 9.17) is 0 Å². The first-order valence-corrected chi connectivity index (χ1v) is 7.52. The predicted octanol–water partition coefficient (Wildman–Crippen LogP) is 2.96. The normalized spacial score (nSPS) is 26.8. The zero-order valence-electron chi connectivity index (χ0n) is 9.64. The summed E-state index contributed by atoms with van der Waals surface area (Å²) in [5.41, 5.74) is 0. The van der Waals surface area contributed by atoms with Crippen molar-refractivity contribution in [2.24, 2.45) is 11.8 Å². The summed E-state index contributed by atoms with van der Waals surface area (Å²) >= 11 is 4.96. The summed E-state index contributed by atoms with van der Waals surface area (Å²) in [4.78, 5) is 26.9. The number of halogens is 1. The molecule has 18 heavy (non-hydrogen) atoms. The maximum Gasteiger partial charge on any atom is 0.233 e. The number of rotatable bonds is 2. The van der Waals surface area contributed by atoms with Crippen LogP contribution < -0.4 is 0 Å². The summed E-state index contributed by atoms with van der Waals surface area (Å²) in [6.45, 7) is 0.418. The van der Waals surface area contributed by atoms with E-state index in [-0.39, 0.29) is 23.7 Å². The van der Waals surface area contributed by atoms with Crippen molar-refractivity contribution < 1.29 is 9.59 Å². The maximum atomic E-state index is 12.2. The van der Waals surface area contributed by atoms with Gasteiger partial charge in [0.1, 0.15) is 0 Å². The molecule has 1 aromatic rings. The summed E-state index contributed by atoms with van der Waals surface area (Å²) in [7, 11) is 0. The molecule has 0 radical (unpaired) electrons. The molecular formula is C13H12BrNO2S. The fraction of sp³-hybridized carbons (Fsp3) is 0.385. The van der Waals surface area contributed by atoms with Gasteiger partial charge in [-0.3, -0.25) is 14.5 Å². The number of fused-ring (bicyclic) bond motifs is 1. The third-order valence-corrected chi connectivity index (χ3v) is 5.15. The van der Waals surface area contributed by atoms with E-state index >= 15 is 0 Å². The van der Waals surface area contributed by atoms with E-state index in [1.54, 1.807) is 11.3 Å². The van der Waals surface area contributed by atoms with E-state index in [2.05, 4.69) is 15.9 Å². The van der Waals surface area contributed by atoms with Gasteiger partial charge >= 0.3 is 0 Å². The molecule has 3 rings (SSSR count). The first-order chi connectivity index (χ1) is 8.66. The van der Waals surface area contributed by atoms with Crippen molar-refractivity contribution in [2.75, 3.05) is 0 Å². The molecule has 3 nitrogen and oxygen atoms in total. The van der Waals surface area contributed by atoms with Gasteiger partial charge in [0, 0.05) is 4.88 Å². The molecule has 0 N–H and O–H groups in total. The van der Waals surface area contributed by atoms with Gasteiger partial charge in [-0.2, -0.15) is 0 Å². The second-order valence-corrected chi connectivity index (χ2v) is 7.17. The highest BCUT2D eigenvalue weighted by Crippen LogP contribution is 2.36. The summed E-state index contributed by atoms with van der Waals surface area (Å²) < 4.78 is 1.02. The molecule has 0 unspecified atom stereocenters. The van der Waals surface area contributed by atoms with Crippen LogP contribution in [-0.4, -0.2) is 16.7 Å². The summed E-state index contributed by atoms with van der Waals surface area (Å²) in [6, 6.07) is 3.90. The van der Waals surface area contributed by atoms with Crippen LogP contribution in [0.5, 0.6) is 0 Å². The number of carbonyl (C=O) groups is 2. The minimum absolute atomic E-state index is 0.00104. The number of thiophene rings is 1. The van der Waals surface area contributed by atoms with Crippen molar-refractivity contribution in [2.45, 2.75) is 19.4 Å². The van der Waals surface area contributed by atoms with Crippen molar-refractivity contribution in [3.8, 4) is 0 Å². The van der Waals surface area contributed by atoms with E-state index in [1.165, 1.54) is 4.90 Å². The van der Waals surface area contributed by atoms with Crippen LogP contribution in [0.25, 0.3) is 0 Å². The largest absolute Gasteiger partial charge is 0.277 e. The Balaban J connectivity index is 1.81. The van der Waals surface area contributed by atoms with Crippen molar-refractivity contribution in [1.82, 2.24) is 4.90 Å². The van der Waals surface area contributed by atoms with E-state index < -0.39 is 0 Å². The zero-order valence-corrected chi connectivity index (χ0v) is 12.0. The lowest BCUT2D eigenvalue weighted by molar-refractivity contribution is -0.140. The molecule has 1 saturated heterocycles. The van der Waals surface area contributed by atoms with Gasteiger partial charge in [-0.25, -0.2) is 0 Å². The van der Waals surface area contributed by atoms with Crippen LogP contribution >= 0.6 is 27.3 Å². The zero-order chi connectivity index (χ0) is 12.7. The molecule has 1 fully saturated rings. The maximum absolute atomic E-state index is 12.2. The van der Waals surface area contributed by atoms with Gasteiger partial charge in [-0.15, -0.1) is 11.3 Å². The fourth-order valence-corrected chi connectivity index (χ4v) is 4.09. The Morgan fingerprint density at radius 2 is 1.78 bits per heavy atom. The van der Waals surface area contributed by atoms with Crippen LogP contribution in [0.3, 0.4) is 0 Å². The van der Waals surface area contributed by atoms with Crippen LogP contribution in [-0.2, 0) is 16.1 Å². The lowest BCUT2D eigenvalue weighted by Gasteiger charge is -2.14. The molecule has 2 aliphatic rings. The van der Waals surface area contributed by atoms with Crippen molar-refractivity contribution >= 4 is 39.1 Å². The second kappa shape index (κ2) is 4.63. The summed E-state index contributed by atoms with van der Waals surface area (Å²) in [5.74, 6) is -0.241. The van der Waals surface area contributed by atoms with E-state index in [1.807, 2.05) is 24.3 Å². The van der Waals surface area contributed by atoms with Gasteiger partial charge in [0.25, 0.3) is 0 Å². The Morgan fingerprint density at radius 3 is 2.28 bits per heavy atom. The Bertz CT molecular complexity index is 511. The summed E-state index contributed by atoms with van der Waals surface area (Å²) in [6.07, 6.45) is 5.44. The summed E-state index contributed by atoms with van der Waals surface area (Å²) in [5, 5.41) is 0. The van der Waals surface area contributed by atoms with Gasteiger partial charge in [-0.1, -0.05) is 12.2 Å². The number of imide groups is 1. The highest BCUT2D eigenvalue weighted by Gasteiger charge is 2.47. The van der Waals surface area contributed by atoms with Crippen molar-refractivity contribution in [1.29, 1.82) is 0 Å². The Morgan fingerprint density at radius 1 is 1.17 bits per heavy atom. The molecule has 2 atom stereocenters. The highest BCUT2D eigenvalue weighted by molar-refractivity contribution is 9.11. The number of nitrogens with zero attached hydrogens (tertiary/aromatic N) is 1. The molecule has 94 valence electrons.